The molecule has 0 atom stereocenters. The summed E-state index contributed by atoms with van der Waals surface area (Å²) in [5.74, 6) is 1.97. The van der Waals surface area contributed by atoms with E-state index in [-0.39, 0.29) is 0 Å². The minimum absolute atomic E-state index is 0.448. The number of hydrogen-bond acceptors (Lipinski definition) is 5. The number of nitrogens with one attached hydrogen (secondary N) is 2. The molecule has 0 unspecified atom stereocenters. The summed E-state index contributed by atoms with van der Waals surface area (Å²) in [5, 5.41) is 8.13. The molecule has 3 heterocycles. The van der Waals surface area contributed by atoms with Gasteiger partial charge in [-0.2, -0.15) is 0 Å². The van der Waals surface area contributed by atoms with E-state index in [2.05, 4.69) is 49.6 Å². The van der Waals surface area contributed by atoms with Crippen LogP contribution in [0, 0.1) is 13.8 Å². The lowest BCUT2D eigenvalue weighted by Crippen LogP contribution is -2.49. The molecule has 1 aliphatic heterocycles. The van der Waals surface area contributed by atoms with Gasteiger partial charge in [-0.05, 0) is 38.8 Å². The number of rotatable bonds is 5. The number of thiazole rings is 1. The summed E-state index contributed by atoms with van der Waals surface area (Å²) in [4.78, 5) is 17.0. The van der Waals surface area contributed by atoms with Crippen molar-refractivity contribution in [1.82, 2.24) is 20.6 Å². The van der Waals surface area contributed by atoms with E-state index in [0.717, 1.165) is 56.4 Å². The largest absolute Gasteiger partial charge is 0.356 e. The van der Waals surface area contributed by atoms with Gasteiger partial charge in [0.1, 0.15) is 5.82 Å². The Bertz CT molecular complexity index is 733. The maximum Gasteiger partial charge on any atom is 0.191 e. The summed E-state index contributed by atoms with van der Waals surface area (Å²) >= 11 is 1.76. The van der Waals surface area contributed by atoms with Crippen LogP contribution in [0.5, 0.6) is 0 Å². The Hall–Kier alpha value is -2.15. The van der Waals surface area contributed by atoms with Crippen molar-refractivity contribution in [3.63, 3.8) is 0 Å². The lowest BCUT2D eigenvalue weighted by Gasteiger charge is -2.34. The summed E-state index contributed by atoms with van der Waals surface area (Å²) in [6.45, 7) is 7.01. The van der Waals surface area contributed by atoms with E-state index in [4.69, 9.17) is 0 Å². The lowest BCUT2D eigenvalue weighted by molar-refractivity contribution is 0.459. The number of aryl methyl sites for hydroxylation is 2. The number of pyridine rings is 1. The topological polar surface area (TPSA) is 65.4 Å². The Kier molecular flexibility index (Phi) is 6.44. The van der Waals surface area contributed by atoms with E-state index in [9.17, 15) is 0 Å². The van der Waals surface area contributed by atoms with E-state index in [1.165, 1.54) is 9.88 Å². The summed E-state index contributed by atoms with van der Waals surface area (Å²) in [6, 6.07) is 6.67. The van der Waals surface area contributed by atoms with Crippen molar-refractivity contribution in [3.05, 3.63) is 40.0 Å². The average Bonchev–Trinajstić information content (AvgIpc) is 3.06. The van der Waals surface area contributed by atoms with Crippen LogP contribution < -0.4 is 15.5 Å². The molecular formula is C19H28N6S. The maximum absolute atomic E-state index is 4.63. The Morgan fingerprint density at radius 3 is 2.77 bits per heavy atom. The summed E-state index contributed by atoms with van der Waals surface area (Å²) in [5.41, 5.74) is 1.07. The first-order valence-electron chi connectivity index (χ1n) is 9.21. The number of aliphatic imine (C=N–C) groups is 1. The molecule has 0 spiro atoms. The van der Waals surface area contributed by atoms with Crippen LogP contribution in [0.1, 0.15) is 28.4 Å². The Labute approximate surface area is 159 Å². The van der Waals surface area contributed by atoms with Gasteiger partial charge in [0.15, 0.2) is 5.96 Å². The zero-order valence-corrected chi connectivity index (χ0v) is 16.6. The van der Waals surface area contributed by atoms with Crippen LogP contribution in [0.4, 0.5) is 5.82 Å². The summed E-state index contributed by atoms with van der Waals surface area (Å²) < 4.78 is 0. The van der Waals surface area contributed by atoms with Gasteiger partial charge < -0.3 is 15.5 Å². The van der Waals surface area contributed by atoms with Crippen molar-refractivity contribution in [2.45, 2.75) is 39.2 Å². The molecule has 0 radical (unpaired) electrons. The standard InChI is InChI=1S/C19H28N6S/c1-14-5-4-6-17(23-14)25-11-8-16(9-12-25)24-19(20-3)21-10-7-18-22-13-15(2)26-18/h4-6,13,16H,7-12H2,1-3H3,(H2,20,21,24). The number of aromatic nitrogens is 2. The van der Waals surface area contributed by atoms with Gasteiger partial charge in [0.05, 0.1) is 5.01 Å². The third kappa shape index (κ3) is 5.17. The van der Waals surface area contributed by atoms with Crippen LogP contribution in [-0.2, 0) is 6.42 Å². The Balaban J connectivity index is 1.42. The number of guanidine groups is 1. The number of anilines is 1. The summed E-state index contributed by atoms with van der Waals surface area (Å²) in [6.07, 6.45) is 5.03. The highest BCUT2D eigenvalue weighted by Crippen LogP contribution is 2.18. The lowest BCUT2D eigenvalue weighted by atomic mass is 10.1. The molecule has 26 heavy (non-hydrogen) atoms. The molecule has 2 aromatic heterocycles. The van der Waals surface area contributed by atoms with Gasteiger partial charge in [-0.3, -0.25) is 4.99 Å². The van der Waals surface area contributed by atoms with E-state index in [0.29, 0.717) is 6.04 Å². The fourth-order valence-electron chi connectivity index (χ4n) is 3.15. The molecular weight excluding hydrogens is 344 g/mol. The van der Waals surface area contributed by atoms with Gasteiger partial charge in [0, 0.05) is 55.9 Å². The first-order chi connectivity index (χ1) is 12.6. The molecule has 6 nitrogen and oxygen atoms in total. The molecule has 1 saturated heterocycles. The van der Waals surface area contributed by atoms with Gasteiger partial charge in [0.25, 0.3) is 0 Å². The van der Waals surface area contributed by atoms with Gasteiger partial charge >= 0.3 is 0 Å². The highest BCUT2D eigenvalue weighted by atomic mass is 32.1. The zero-order valence-electron chi connectivity index (χ0n) is 15.8. The third-order valence-electron chi connectivity index (χ3n) is 4.56. The van der Waals surface area contributed by atoms with Gasteiger partial charge in [0.2, 0.25) is 0 Å². The number of nitrogens with zero attached hydrogens (tertiary/aromatic N) is 4. The molecule has 1 fully saturated rings. The minimum Gasteiger partial charge on any atom is -0.356 e. The smallest absolute Gasteiger partial charge is 0.191 e. The van der Waals surface area contributed by atoms with Gasteiger partial charge in [-0.1, -0.05) is 6.07 Å². The molecule has 0 saturated carbocycles. The van der Waals surface area contributed by atoms with Crippen LogP contribution in [0.3, 0.4) is 0 Å². The molecule has 1 aliphatic rings. The Morgan fingerprint density at radius 2 is 2.12 bits per heavy atom. The first-order valence-corrected chi connectivity index (χ1v) is 10.0. The van der Waals surface area contributed by atoms with Crippen LogP contribution in [-0.4, -0.2) is 48.7 Å². The molecule has 0 aromatic carbocycles. The van der Waals surface area contributed by atoms with Crippen molar-refractivity contribution in [2.75, 3.05) is 31.6 Å². The molecule has 140 valence electrons. The van der Waals surface area contributed by atoms with Crippen molar-refractivity contribution in [2.24, 2.45) is 4.99 Å². The van der Waals surface area contributed by atoms with Crippen LogP contribution in [0.15, 0.2) is 29.4 Å². The summed E-state index contributed by atoms with van der Waals surface area (Å²) in [7, 11) is 1.83. The van der Waals surface area contributed by atoms with Crippen molar-refractivity contribution in [3.8, 4) is 0 Å². The van der Waals surface area contributed by atoms with E-state index in [1.807, 2.05) is 26.2 Å². The van der Waals surface area contributed by atoms with Crippen LogP contribution in [0.25, 0.3) is 0 Å². The molecule has 7 heteroatoms. The van der Waals surface area contributed by atoms with E-state index >= 15 is 0 Å². The van der Waals surface area contributed by atoms with Gasteiger partial charge in [-0.15, -0.1) is 11.3 Å². The highest BCUT2D eigenvalue weighted by molar-refractivity contribution is 7.11. The number of hydrogen-bond donors (Lipinski definition) is 2. The Morgan fingerprint density at radius 1 is 1.31 bits per heavy atom. The van der Waals surface area contributed by atoms with Gasteiger partial charge in [-0.25, -0.2) is 9.97 Å². The monoisotopic (exact) mass is 372 g/mol. The zero-order chi connectivity index (χ0) is 18.4. The predicted octanol–water partition coefficient (Wildman–Crippen LogP) is 2.53. The minimum atomic E-state index is 0.448. The fourth-order valence-corrected chi connectivity index (χ4v) is 3.94. The molecule has 2 aromatic rings. The normalized spacial score (nSPS) is 16.0. The van der Waals surface area contributed by atoms with Crippen LogP contribution >= 0.6 is 11.3 Å². The molecule has 0 amide bonds. The van der Waals surface area contributed by atoms with Crippen molar-refractivity contribution in [1.29, 1.82) is 0 Å². The second-order valence-corrected chi connectivity index (χ2v) is 7.98. The average molecular weight is 373 g/mol. The number of piperidine rings is 1. The molecule has 0 aliphatic carbocycles. The van der Waals surface area contributed by atoms with Crippen molar-refractivity contribution >= 4 is 23.1 Å². The SMILES string of the molecule is CN=C(NCCc1ncc(C)s1)NC1CCN(c2cccc(C)n2)CC1. The molecule has 0 bridgehead atoms. The third-order valence-corrected chi connectivity index (χ3v) is 5.53. The second-order valence-electron chi connectivity index (χ2n) is 6.66. The van der Waals surface area contributed by atoms with Crippen molar-refractivity contribution < 1.29 is 0 Å². The first kappa shape index (κ1) is 18.6. The second kappa shape index (κ2) is 8.98. The quantitative estimate of drug-likeness (QED) is 0.624. The van der Waals surface area contributed by atoms with E-state index in [1.54, 1.807) is 11.3 Å². The highest BCUT2D eigenvalue weighted by Gasteiger charge is 2.20. The fraction of sp³-hybridized carbons (Fsp3) is 0.526. The van der Waals surface area contributed by atoms with E-state index < -0.39 is 0 Å². The maximum atomic E-state index is 4.63. The molecule has 2 N–H and O–H groups in total. The predicted molar refractivity (Wildman–Crippen MR) is 109 cm³/mol. The van der Waals surface area contributed by atoms with Crippen LogP contribution in [0.2, 0.25) is 0 Å². The molecule has 3 rings (SSSR count).